The van der Waals surface area contributed by atoms with E-state index in [4.69, 9.17) is 5.14 Å². The van der Waals surface area contributed by atoms with Gasteiger partial charge in [-0.15, -0.1) is 0 Å². The molecule has 7 nitrogen and oxygen atoms in total. The van der Waals surface area contributed by atoms with Crippen LogP contribution in [-0.4, -0.2) is 68.1 Å². The van der Waals surface area contributed by atoms with E-state index in [9.17, 15) is 18.3 Å². The van der Waals surface area contributed by atoms with E-state index in [2.05, 4.69) is 4.90 Å². The van der Waals surface area contributed by atoms with E-state index in [0.717, 1.165) is 0 Å². The summed E-state index contributed by atoms with van der Waals surface area (Å²) < 4.78 is 23.2. The number of rotatable bonds is 4. The zero-order valence-corrected chi connectivity index (χ0v) is 13.3. The van der Waals surface area contributed by atoms with Crippen molar-refractivity contribution in [1.82, 2.24) is 9.80 Å². The van der Waals surface area contributed by atoms with E-state index in [1.54, 1.807) is 17.9 Å². The van der Waals surface area contributed by atoms with Crippen LogP contribution in [0.25, 0.3) is 0 Å². The van der Waals surface area contributed by atoms with Gasteiger partial charge in [-0.05, 0) is 19.1 Å². The fourth-order valence-electron chi connectivity index (χ4n) is 2.57. The molecule has 0 radical (unpaired) electrons. The fourth-order valence-corrected chi connectivity index (χ4v) is 3.30. The van der Waals surface area contributed by atoms with Gasteiger partial charge in [-0.2, -0.15) is 0 Å². The van der Waals surface area contributed by atoms with E-state index < -0.39 is 16.1 Å². The lowest BCUT2D eigenvalue weighted by atomic mass is 10.1. The second-order valence-corrected chi connectivity index (χ2v) is 7.01. The lowest BCUT2D eigenvalue weighted by Crippen LogP contribution is -2.50. The number of nitrogens with two attached hydrogens (primary N) is 1. The standard InChI is InChI=1S/C14H21N3O4S/c1-11(18)10-16-6-8-17(9-7-16)14(19)12-4-2-3-5-13(12)22(15,20)21/h2-5,11,18H,6-10H2,1H3,(H2,15,20,21)/t11-/m0/s1. The van der Waals surface area contributed by atoms with Gasteiger partial charge in [0.1, 0.15) is 0 Å². The first-order chi connectivity index (χ1) is 10.3. The molecule has 2 rings (SSSR count). The first kappa shape index (κ1) is 16.9. The van der Waals surface area contributed by atoms with Crippen molar-refractivity contribution >= 4 is 15.9 Å². The van der Waals surface area contributed by atoms with Gasteiger partial charge in [0.05, 0.1) is 16.6 Å². The highest BCUT2D eigenvalue weighted by atomic mass is 32.2. The van der Waals surface area contributed by atoms with Gasteiger partial charge in [-0.3, -0.25) is 9.69 Å². The summed E-state index contributed by atoms with van der Waals surface area (Å²) in [6.07, 6.45) is -0.412. The molecule has 0 aromatic heterocycles. The van der Waals surface area contributed by atoms with E-state index in [1.165, 1.54) is 18.2 Å². The number of hydrogen-bond acceptors (Lipinski definition) is 5. The molecule has 1 heterocycles. The minimum atomic E-state index is -3.93. The molecule has 3 N–H and O–H groups in total. The SMILES string of the molecule is C[C@H](O)CN1CCN(C(=O)c2ccccc2S(N)(=O)=O)CC1. The summed E-state index contributed by atoms with van der Waals surface area (Å²) in [5.74, 6) is -0.332. The number of sulfonamides is 1. The second-order valence-electron chi connectivity index (χ2n) is 5.48. The van der Waals surface area contributed by atoms with Gasteiger partial charge in [0.25, 0.3) is 5.91 Å². The number of primary sulfonamides is 1. The van der Waals surface area contributed by atoms with E-state index >= 15 is 0 Å². The molecule has 1 amide bonds. The minimum absolute atomic E-state index is 0.106. The van der Waals surface area contributed by atoms with Crippen LogP contribution in [-0.2, 0) is 10.0 Å². The molecule has 0 saturated carbocycles. The Morgan fingerprint density at radius 1 is 1.27 bits per heavy atom. The molecule has 1 saturated heterocycles. The predicted octanol–water partition coefficient (Wildman–Crippen LogP) is -0.527. The van der Waals surface area contributed by atoms with Gasteiger partial charge >= 0.3 is 0 Å². The second kappa shape index (κ2) is 6.74. The molecule has 1 aromatic rings. The molecule has 0 unspecified atom stereocenters. The number of nitrogens with zero attached hydrogens (tertiary/aromatic N) is 2. The summed E-state index contributed by atoms with van der Waals surface area (Å²) in [7, 11) is -3.93. The molecule has 1 aliphatic rings. The molecule has 122 valence electrons. The average Bonchev–Trinajstić information content (AvgIpc) is 2.46. The van der Waals surface area contributed by atoms with Crippen LogP contribution in [0.3, 0.4) is 0 Å². The quantitative estimate of drug-likeness (QED) is 0.774. The molecule has 1 aliphatic heterocycles. The molecule has 0 bridgehead atoms. The van der Waals surface area contributed by atoms with Crippen LogP contribution in [0.4, 0.5) is 0 Å². The first-order valence-electron chi connectivity index (χ1n) is 7.10. The maximum atomic E-state index is 12.5. The van der Waals surface area contributed by atoms with Crippen LogP contribution < -0.4 is 5.14 Å². The smallest absolute Gasteiger partial charge is 0.255 e. The summed E-state index contributed by atoms with van der Waals surface area (Å²) >= 11 is 0. The molecular formula is C14H21N3O4S. The third-order valence-electron chi connectivity index (χ3n) is 3.61. The summed E-state index contributed by atoms with van der Waals surface area (Å²) in [6, 6.07) is 5.97. The Labute approximate surface area is 130 Å². The number of aliphatic hydroxyl groups excluding tert-OH is 1. The van der Waals surface area contributed by atoms with E-state index in [-0.39, 0.29) is 16.4 Å². The molecule has 0 spiro atoms. The highest BCUT2D eigenvalue weighted by Crippen LogP contribution is 2.17. The number of hydrogen-bond donors (Lipinski definition) is 2. The summed E-state index contributed by atoms with van der Waals surface area (Å²) in [6.45, 7) is 4.56. The van der Waals surface area contributed by atoms with Crippen LogP contribution in [0, 0.1) is 0 Å². The molecule has 1 aromatic carbocycles. The van der Waals surface area contributed by atoms with Crippen molar-refractivity contribution in [2.24, 2.45) is 5.14 Å². The molecule has 8 heteroatoms. The largest absolute Gasteiger partial charge is 0.392 e. The average molecular weight is 327 g/mol. The lowest BCUT2D eigenvalue weighted by molar-refractivity contribution is 0.0551. The number of benzene rings is 1. The summed E-state index contributed by atoms with van der Waals surface area (Å²) in [4.78, 5) is 16.1. The van der Waals surface area contributed by atoms with Gasteiger partial charge < -0.3 is 10.0 Å². The van der Waals surface area contributed by atoms with E-state index in [1.807, 2.05) is 0 Å². The number of carbonyl (C=O) groups excluding carboxylic acids is 1. The van der Waals surface area contributed by atoms with Gasteiger partial charge in [0, 0.05) is 32.7 Å². The molecular weight excluding hydrogens is 306 g/mol. The van der Waals surface area contributed by atoms with Gasteiger partial charge in [-0.1, -0.05) is 12.1 Å². The monoisotopic (exact) mass is 327 g/mol. The Hall–Kier alpha value is -1.48. The van der Waals surface area contributed by atoms with Crippen molar-refractivity contribution in [3.63, 3.8) is 0 Å². The maximum absolute atomic E-state index is 12.5. The third kappa shape index (κ3) is 4.04. The molecule has 22 heavy (non-hydrogen) atoms. The highest BCUT2D eigenvalue weighted by Gasteiger charge is 2.26. The van der Waals surface area contributed by atoms with Crippen molar-refractivity contribution in [3.05, 3.63) is 29.8 Å². The Bertz CT molecular complexity index is 637. The van der Waals surface area contributed by atoms with Crippen LogP contribution >= 0.6 is 0 Å². The lowest BCUT2D eigenvalue weighted by Gasteiger charge is -2.35. The summed E-state index contributed by atoms with van der Waals surface area (Å²) in [5.41, 5.74) is 0.106. The van der Waals surface area contributed by atoms with Crippen molar-refractivity contribution < 1.29 is 18.3 Å². The van der Waals surface area contributed by atoms with Crippen molar-refractivity contribution in [1.29, 1.82) is 0 Å². The Kier molecular flexibility index (Phi) is 5.17. The van der Waals surface area contributed by atoms with Crippen molar-refractivity contribution in [2.45, 2.75) is 17.9 Å². The Morgan fingerprint density at radius 2 is 1.86 bits per heavy atom. The summed E-state index contributed by atoms with van der Waals surface area (Å²) in [5, 5.41) is 14.5. The van der Waals surface area contributed by atoms with Crippen LogP contribution in [0.2, 0.25) is 0 Å². The number of carbonyl (C=O) groups is 1. The van der Waals surface area contributed by atoms with Gasteiger partial charge in [-0.25, -0.2) is 13.6 Å². The molecule has 1 atom stereocenters. The first-order valence-corrected chi connectivity index (χ1v) is 8.65. The zero-order valence-electron chi connectivity index (χ0n) is 12.5. The Balaban J connectivity index is 2.11. The fraction of sp³-hybridized carbons (Fsp3) is 0.500. The molecule has 0 aliphatic carbocycles. The Morgan fingerprint density at radius 3 is 2.41 bits per heavy atom. The van der Waals surface area contributed by atoms with Crippen LogP contribution in [0.5, 0.6) is 0 Å². The topological polar surface area (TPSA) is 104 Å². The van der Waals surface area contributed by atoms with Crippen molar-refractivity contribution in [2.75, 3.05) is 32.7 Å². The maximum Gasteiger partial charge on any atom is 0.255 e. The number of aliphatic hydroxyl groups is 1. The minimum Gasteiger partial charge on any atom is -0.392 e. The number of amides is 1. The van der Waals surface area contributed by atoms with Crippen molar-refractivity contribution in [3.8, 4) is 0 Å². The normalized spacial score (nSPS) is 18.2. The van der Waals surface area contributed by atoms with Gasteiger partial charge in [0.2, 0.25) is 10.0 Å². The van der Waals surface area contributed by atoms with Crippen LogP contribution in [0.1, 0.15) is 17.3 Å². The van der Waals surface area contributed by atoms with Crippen LogP contribution in [0.15, 0.2) is 29.2 Å². The van der Waals surface area contributed by atoms with Gasteiger partial charge in [0.15, 0.2) is 0 Å². The highest BCUT2D eigenvalue weighted by molar-refractivity contribution is 7.89. The number of β-amino-alcohol motifs (C(OH)–C–C–N with tert-alkyl or cyclic N) is 1. The predicted molar refractivity (Wildman–Crippen MR) is 81.8 cm³/mol. The van der Waals surface area contributed by atoms with E-state index in [0.29, 0.717) is 32.7 Å². The number of piperazine rings is 1. The zero-order chi connectivity index (χ0) is 16.3. The third-order valence-corrected chi connectivity index (χ3v) is 4.57. The molecule has 1 fully saturated rings.